The predicted octanol–water partition coefficient (Wildman–Crippen LogP) is 4.21. The van der Waals surface area contributed by atoms with Crippen molar-refractivity contribution < 1.29 is 8.42 Å². The molecule has 6 heteroatoms. The van der Waals surface area contributed by atoms with Crippen LogP contribution in [-0.2, 0) is 10.0 Å². The van der Waals surface area contributed by atoms with Crippen LogP contribution in [0.5, 0.6) is 0 Å². The molecule has 2 rings (SSSR count). The van der Waals surface area contributed by atoms with Gasteiger partial charge in [0.1, 0.15) is 0 Å². The lowest BCUT2D eigenvalue weighted by Gasteiger charge is -2.09. The summed E-state index contributed by atoms with van der Waals surface area (Å²) in [6.07, 6.45) is 0. The first-order valence-electron chi connectivity index (χ1n) is 5.43. The summed E-state index contributed by atoms with van der Waals surface area (Å²) in [6, 6.07) is 11.5. The Morgan fingerprint density at radius 2 is 1.74 bits per heavy atom. The first-order valence-corrected chi connectivity index (χ1v) is 8.08. The zero-order valence-electron chi connectivity index (χ0n) is 10.0. The third-order valence-electron chi connectivity index (χ3n) is 2.50. The van der Waals surface area contributed by atoms with Gasteiger partial charge in [-0.3, -0.25) is 4.72 Å². The Kier molecular flexibility index (Phi) is 4.18. The van der Waals surface area contributed by atoms with Crippen LogP contribution in [0, 0.1) is 6.92 Å². The van der Waals surface area contributed by atoms with Gasteiger partial charge in [0.05, 0.1) is 15.6 Å². The molecule has 0 saturated carbocycles. The molecule has 2 aromatic carbocycles. The fourth-order valence-corrected chi connectivity index (χ4v) is 3.04. The van der Waals surface area contributed by atoms with Gasteiger partial charge in [-0.25, -0.2) is 8.42 Å². The number of rotatable bonds is 3. The second kappa shape index (κ2) is 5.53. The van der Waals surface area contributed by atoms with Crippen molar-refractivity contribution in [2.45, 2.75) is 11.8 Å². The number of hydrogen-bond donors (Lipinski definition) is 1. The van der Waals surface area contributed by atoms with Gasteiger partial charge in [0, 0.05) is 4.47 Å². The Bertz CT molecular complexity index is 699. The molecule has 0 bridgehead atoms. The van der Waals surface area contributed by atoms with E-state index < -0.39 is 10.0 Å². The van der Waals surface area contributed by atoms with Crippen LogP contribution in [0.25, 0.3) is 0 Å². The number of halogens is 2. The van der Waals surface area contributed by atoms with E-state index in [4.69, 9.17) is 11.6 Å². The summed E-state index contributed by atoms with van der Waals surface area (Å²) < 4.78 is 27.4. The molecular formula is C13H11BrClNO2S. The molecule has 1 N–H and O–H groups in total. The van der Waals surface area contributed by atoms with Gasteiger partial charge in [0.15, 0.2) is 0 Å². The van der Waals surface area contributed by atoms with E-state index in [0.29, 0.717) is 15.2 Å². The number of sulfonamides is 1. The first-order chi connectivity index (χ1) is 8.88. The molecular weight excluding hydrogens is 350 g/mol. The average Bonchev–Trinajstić information content (AvgIpc) is 2.34. The van der Waals surface area contributed by atoms with E-state index in [1.807, 2.05) is 6.92 Å². The molecule has 0 atom stereocenters. The van der Waals surface area contributed by atoms with Crippen molar-refractivity contribution in [1.82, 2.24) is 0 Å². The maximum atomic E-state index is 12.1. The Balaban J connectivity index is 2.30. The SMILES string of the molecule is Cc1ccc(S(=O)(=O)Nc2ccc(Cl)c(Br)c2)cc1. The van der Waals surface area contributed by atoms with E-state index in [0.717, 1.165) is 5.56 Å². The highest BCUT2D eigenvalue weighted by Crippen LogP contribution is 2.26. The summed E-state index contributed by atoms with van der Waals surface area (Å²) in [4.78, 5) is 0.226. The van der Waals surface area contributed by atoms with Crippen LogP contribution < -0.4 is 4.72 Å². The van der Waals surface area contributed by atoms with E-state index in [2.05, 4.69) is 20.7 Å². The maximum absolute atomic E-state index is 12.1. The van der Waals surface area contributed by atoms with E-state index in [1.165, 1.54) is 0 Å². The summed E-state index contributed by atoms with van der Waals surface area (Å²) in [6.45, 7) is 1.90. The number of aryl methyl sites for hydroxylation is 1. The van der Waals surface area contributed by atoms with E-state index in [9.17, 15) is 8.42 Å². The van der Waals surface area contributed by atoms with Crippen LogP contribution >= 0.6 is 27.5 Å². The number of anilines is 1. The van der Waals surface area contributed by atoms with Crippen LogP contribution in [-0.4, -0.2) is 8.42 Å². The molecule has 19 heavy (non-hydrogen) atoms. The van der Waals surface area contributed by atoms with Gasteiger partial charge >= 0.3 is 0 Å². The minimum Gasteiger partial charge on any atom is -0.280 e. The van der Waals surface area contributed by atoms with E-state index in [1.54, 1.807) is 42.5 Å². The molecule has 0 heterocycles. The molecule has 0 radical (unpaired) electrons. The lowest BCUT2D eigenvalue weighted by atomic mass is 10.2. The van der Waals surface area contributed by atoms with Gasteiger partial charge in [0.2, 0.25) is 0 Å². The average molecular weight is 361 g/mol. The molecule has 0 aliphatic heterocycles. The van der Waals surface area contributed by atoms with Crippen LogP contribution in [0.1, 0.15) is 5.56 Å². The molecule has 100 valence electrons. The Hall–Kier alpha value is -1.04. The lowest BCUT2D eigenvalue weighted by molar-refractivity contribution is 0.601. The highest BCUT2D eigenvalue weighted by atomic mass is 79.9. The molecule has 3 nitrogen and oxygen atoms in total. The number of nitrogens with one attached hydrogen (secondary N) is 1. The summed E-state index contributed by atoms with van der Waals surface area (Å²) in [7, 11) is -3.57. The smallest absolute Gasteiger partial charge is 0.261 e. The molecule has 0 saturated heterocycles. The minimum absolute atomic E-state index is 0.226. The highest BCUT2D eigenvalue weighted by molar-refractivity contribution is 9.10. The predicted molar refractivity (Wildman–Crippen MR) is 81.1 cm³/mol. The molecule has 0 amide bonds. The molecule has 0 aliphatic rings. The molecule has 0 spiro atoms. The van der Waals surface area contributed by atoms with Crippen molar-refractivity contribution in [2.24, 2.45) is 0 Å². The Morgan fingerprint density at radius 3 is 2.32 bits per heavy atom. The maximum Gasteiger partial charge on any atom is 0.261 e. The first kappa shape index (κ1) is 14.4. The van der Waals surface area contributed by atoms with Crippen molar-refractivity contribution in [3.63, 3.8) is 0 Å². The molecule has 2 aromatic rings. The zero-order valence-corrected chi connectivity index (χ0v) is 13.2. The number of hydrogen-bond acceptors (Lipinski definition) is 2. The van der Waals surface area contributed by atoms with Gasteiger partial charge in [-0.2, -0.15) is 0 Å². The number of benzene rings is 2. The van der Waals surface area contributed by atoms with E-state index >= 15 is 0 Å². The fraction of sp³-hybridized carbons (Fsp3) is 0.0769. The molecule has 0 fully saturated rings. The molecule has 0 aliphatic carbocycles. The summed E-state index contributed by atoms with van der Waals surface area (Å²) in [5.41, 5.74) is 1.46. The van der Waals surface area contributed by atoms with Gasteiger partial charge in [-0.1, -0.05) is 29.3 Å². The topological polar surface area (TPSA) is 46.2 Å². The van der Waals surface area contributed by atoms with Crippen LogP contribution in [0.3, 0.4) is 0 Å². The van der Waals surface area contributed by atoms with Gasteiger partial charge in [0.25, 0.3) is 10.0 Å². The van der Waals surface area contributed by atoms with Crippen molar-refractivity contribution in [2.75, 3.05) is 4.72 Å². The third kappa shape index (κ3) is 3.49. The van der Waals surface area contributed by atoms with Crippen molar-refractivity contribution in [3.8, 4) is 0 Å². The van der Waals surface area contributed by atoms with Crippen LogP contribution in [0.4, 0.5) is 5.69 Å². The zero-order chi connectivity index (χ0) is 14.0. The monoisotopic (exact) mass is 359 g/mol. The van der Waals surface area contributed by atoms with Crippen LogP contribution in [0.15, 0.2) is 51.8 Å². The highest BCUT2D eigenvalue weighted by Gasteiger charge is 2.14. The van der Waals surface area contributed by atoms with Gasteiger partial charge < -0.3 is 0 Å². The standard InChI is InChI=1S/C13H11BrClNO2S/c1-9-2-5-11(6-3-9)19(17,18)16-10-4-7-13(15)12(14)8-10/h2-8,16H,1H3. The molecule has 0 unspecified atom stereocenters. The minimum atomic E-state index is -3.57. The van der Waals surface area contributed by atoms with Crippen molar-refractivity contribution in [1.29, 1.82) is 0 Å². The normalized spacial score (nSPS) is 11.3. The lowest BCUT2D eigenvalue weighted by Crippen LogP contribution is -2.12. The second-order valence-electron chi connectivity index (χ2n) is 4.05. The largest absolute Gasteiger partial charge is 0.280 e. The summed E-state index contributed by atoms with van der Waals surface area (Å²) in [5.74, 6) is 0. The summed E-state index contributed by atoms with van der Waals surface area (Å²) in [5, 5.41) is 0.526. The third-order valence-corrected chi connectivity index (χ3v) is 5.11. The quantitative estimate of drug-likeness (QED) is 0.891. The molecule has 0 aromatic heterocycles. The summed E-state index contributed by atoms with van der Waals surface area (Å²) >= 11 is 9.11. The van der Waals surface area contributed by atoms with Gasteiger partial charge in [-0.15, -0.1) is 0 Å². The van der Waals surface area contributed by atoms with Gasteiger partial charge in [-0.05, 0) is 53.2 Å². The van der Waals surface area contributed by atoms with E-state index in [-0.39, 0.29) is 4.90 Å². The van der Waals surface area contributed by atoms with Crippen molar-refractivity contribution >= 4 is 43.2 Å². The fourth-order valence-electron chi connectivity index (χ4n) is 1.49. The Morgan fingerprint density at radius 1 is 1.11 bits per heavy atom. The van der Waals surface area contributed by atoms with Crippen molar-refractivity contribution in [3.05, 3.63) is 57.5 Å². The second-order valence-corrected chi connectivity index (χ2v) is 6.99. The van der Waals surface area contributed by atoms with Crippen LogP contribution in [0.2, 0.25) is 5.02 Å². The Labute approximate surface area is 125 Å².